The summed E-state index contributed by atoms with van der Waals surface area (Å²) >= 11 is 0. The number of piperidine rings is 1. The molecule has 0 bridgehead atoms. The van der Waals surface area contributed by atoms with E-state index in [4.69, 9.17) is 9.47 Å². The third-order valence-corrected chi connectivity index (χ3v) is 4.58. The van der Waals surface area contributed by atoms with E-state index >= 15 is 0 Å². The van der Waals surface area contributed by atoms with Gasteiger partial charge in [0.1, 0.15) is 12.3 Å². The molecule has 0 aromatic carbocycles. The van der Waals surface area contributed by atoms with Crippen LogP contribution in [0.1, 0.15) is 45.2 Å². The quantitative estimate of drug-likeness (QED) is 0.855. The van der Waals surface area contributed by atoms with Crippen LogP contribution >= 0.6 is 0 Å². The minimum absolute atomic E-state index is 0.223. The van der Waals surface area contributed by atoms with Crippen molar-refractivity contribution in [3.8, 4) is 0 Å². The van der Waals surface area contributed by atoms with Crippen LogP contribution in [0, 0.1) is 0 Å². The Morgan fingerprint density at radius 3 is 2.92 bits per heavy atom. The van der Waals surface area contributed by atoms with Crippen LogP contribution in [0.25, 0.3) is 0 Å². The molecule has 1 aromatic rings. The fourth-order valence-electron chi connectivity index (χ4n) is 3.36. The maximum atomic E-state index is 12.2. The molecule has 3 rings (SSSR count). The molecular formula is C18H27N3O3. The van der Waals surface area contributed by atoms with E-state index in [9.17, 15) is 4.79 Å². The van der Waals surface area contributed by atoms with E-state index in [0.717, 1.165) is 31.6 Å². The van der Waals surface area contributed by atoms with Gasteiger partial charge in [-0.3, -0.25) is 9.88 Å². The van der Waals surface area contributed by atoms with Crippen molar-refractivity contribution in [2.75, 3.05) is 26.4 Å². The van der Waals surface area contributed by atoms with Gasteiger partial charge in [-0.25, -0.2) is 4.79 Å². The molecule has 2 aliphatic rings. The van der Waals surface area contributed by atoms with Crippen molar-refractivity contribution in [3.63, 3.8) is 0 Å². The van der Waals surface area contributed by atoms with Crippen LogP contribution in [0.15, 0.2) is 24.4 Å². The van der Waals surface area contributed by atoms with E-state index in [0.29, 0.717) is 12.5 Å². The van der Waals surface area contributed by atoms with E-state index in [1.54, 1.807) is 4.90 Å². The molecule has 6 heteroatoms. The van der Waals surface area contributed by atoms with E-state index in [1.807, 2.05) is 39.1 Å². The van der Waals surface area contributed by atoms with Gasteiger partial charge >= 0.3 is 6.09 Å². The third kappa shape index (κ3) is 4.05. The lowest BCUT2D eigenvalue weighted by molar-refractivity contribution is -0.144. The standard InChI is InChI=1S/C18H27N3O3/c1-17(2,3)24-16(22)21-9-7-18(23-13-21)10-14(11-19-12-18)15-6-4-5-8-20-15/h4-6,8,14,19H,7,9-13H2,1-3H3. The lowest BCUT2D eigenvalue weighted by atomic mass is 9.81. The Morgan fingerprint density at radius 1 is 1.46 bits per heavy atom. The van der Waals surface area contributed by atoms with Crippen molar-refractivity contribution in [2.45, 2.75) is 50.7 Å². The maximum Gasteiger partial charge on any atom is 0.412 e. The number of nitrogens with zero attached hydrogens (tertiary/aromatic N) is 2. The molecule has 24 heavy (non-hydrogen) atoms. The number of hydrogen-bond acceptors (Lipinski definition) is 5. The van der Waals surface area contributed by atoms with E-state index < -0.39 is 5.60 Å². The number of nitrogens with one attached hydrogen (secondary N) is 1. The van der Waals surface area contributed by atoms with E-state index in [2.05, 4.69) is 16.4 Å². The molecule has 6 nitrogen and oxygen atoms in total. The van der Waals surface area contributed by atoms with E-state index in [-0.39, 0.29) is 18.4 Å². The Morgan fingerprint density at radius 2 is 2.29 bits per heavy atom. The average molecular weight is 333 g/mol. The topological polar surface area (TPSA) is 63.7 Å². The van der Waals surface area contributed by atoms with Gasteiger partial charge in [0.15, 0.2) is 0 Å². The zero-order chi connectivity index (χ0) is 17.2. The zero-order valence-electron chi connectivity index (χ0n) is 14.7. The smallest absolute Gasteiger partial charge is 0.412 e. The molecule has 2 aliphatic heterocycles. The molecule has 1 amide bonds. The normalized spacial score (nSPS) is 28.0. The second-order valence-corrected chi connectivity index (χ2v) is 7.74. The SMILES string of the molecule is CC(C)(C)OC(=O)N1CCC2(CNCC(c3ccccn3)C2)OC1. The minimum atomic E-state index is -0.483. The average Bonchev–Trinajstić information content (AvgIpc) is 2.55. The number of pyridine rings is 1. The van der Waals surface area contributed by atoms with Gasteiger partial charge in [-0.15, -0.1) is 0 Å². The van der Waals surface area contributed by atoms with Crippen LogP contribution in [0.2, 0.25) is 0 Å². The predicted octanol–water partition coefficient (Wildman–Crippen LogP) is 2.51. The second-order valence-electron chi connectivity index (χ2n) is 7.74. The molecule has 132 valence electrons. The number of rotatable bonds is 1. The number of carbonyl (C=O) groups is 1. The van der Waals surface area contributed by atoms with Crippen LogP contribution in [0.5, 0.6) is 0 Å². The van der Waals surface area contributed by atoms with Crippen molar-refractivity contribution in [1.29, 1.82) is 0 Å². The number of aromatic nitrogens is 1. The monoisotopic (exact) mass is 333 g/mol. The summed E-state index contributed by atoms with van der Waals surface area (Å²) in [5, 5.41) is 3.48. The highest BCUT2D eigenvalue weighted by Crippen LogP contribution is 2.35. The summed E-state index contributed by atoms with van der Waals surface area (Å²) < 4.78 is 11.6. The summed E-state index contributed by atoms with van der Waals surface area (Å²) in [6, 6.07) is 6.03. The zero-order valence-corrected chi connectivity index (χ0v) is 14.7. The van der Waals surface area contributed by atoms with Gasteiger partial charge in [-0.2, -0.15) is 0 Å². The molecule has 2 saturated heterocycles. The molecular weight excluding hydrogens is 306 g/mol. The Balaban J connectivity index is 1.59. The van der Waals surface area contributed by atoms with Crippen LogP contribution in [0.4, 0.5) is 4.79 Å². The van der Waals surface area contributed by atoms with Crippen LogP contribution in [-0.2, 0) is 9.47 Å². The summed E-state index contributed by atoms with van der Waals surface area (Å²) in [6.45, 7) is 8.30. The number of amides is 1. The molecule has 3 heterocycles. The molecule has 2 atom stereocenters. The van der Waals surface area contributed by atoms with Gasteiger partial charge in [0.25, 0.3) is 0 Å². The van der Waals surface area contributed by atoms with Crippen molar-refractivity contribution < 1.29 is 14.3 Å². The molecule has 2 fully saturated rings. The first kappa shape index (κ1) is 17.2. The Kier molecular flexibility index (Phi) is 4.78. The molecule has 2 unspecified atom stereocenters. The highest BCUT2D eigenvalue weighted by atomic mass is 16.6. The summed E-state index contributed by atoms with van der Waals surface area (Å²) in [7, 11) is 0. The largest absolute Gasteiger partial charge is 0.444 e. The molecule has 1 spiro atoms. The van der Waals surface area contributed by atoms with Crippen molar-refractivity contribution in [2.24, 2.45) is 0 Å². The summed E-state index contributed by atoms with van der Waals surface area (Å²) in [5.41, 5.74) is 0.393. The van der Waals surface area contributed by atoms with Crippen LogP contribution < -0.4 is 5.32 Å². The first-order valence-electron chi connectivity index (χ1n) is 8.60. The second kappa shape index (κ2) is 6.69. The highest BCUT2D eigenvalue weighted by Gasteiger charge is 2.42. The van der Waals surface area contributed by atoms with Crippen molar-refractivity contribution in [3.05, 3.63) is 30.1 Å². The van der Waals surface area contributed by atoms with Crippen LogP contribution in [0.3, 0.4) is 0 Å². The molecule has 0 saturated carbocycles. The Bertz CT molecular complexity index is 563. The van der Waals surface area contributed by atoms with Gasteiger partial charge in [0.2, 0.25) is 0 Å². The summed E-state index contributed by atoms with van der Waals surface area (Å²) in [6.07, 6.45) is 3.27. The molecule has 1 N–H and O–H groups in total. The van der Waals surface area contributed by atoms with Gasteiger partial charge in [0, 0.05) is 37.4 Å². The summed E-state index contributed by atoms with van der Waals surface area (Å²) in [4.78, 5) is 18.3. The lowest BCUT2D eigenvalue weighted by Gasteiger charge is -2.46. The maximum absolute atomic E-state index is 12.2. The van der Waals surface area contributed by atoms with Crippen LogP contribution in [-0.4, -0.2) is 53.5 Å². The number of hydrogen-bond donors (Lipinski definition) is 1. The van der Waals surface area contributed by atoms with Gasteiger partial charge in [0.05, 0.1) is 5.60 Å². The third-order valence-electron chi connectivity index (χ3n) is 4.58. The first-order chi connectivity index (χ1) is 11.4. The fourth-order valence-corrected chi connectivity index (χ4v) is 3.36. The number of ether oxygens (including phenoxy) is 2. The minimum Gasteiger partial charge on any atom is -0.444 e. The Hall–Kier alpha value is -1.66. The lowest BCUT2D eigenvalue weighted by Crippen LogP contribution is -2.57. The van der Waals surface area contributed by atoms with Gasteiger partial charge in [-0.1, -0.05) is 6.07 Å². The van der Waals surface area contributed by atoms with Crippen molar-refractivity contribution >= 4 is 6.09 Å². The Labute approximate surface area is 143 Å². The first-order valence-corrected chi connectivity index (χ1v) is 8.60. The predicted molar refractivity (Wildman–Crippen MR) is 90.7 cm³/mol. The number of carbonyl (C=O) groups excluding carboxylic acids is 1. The molecule has 0 radical (unpaired) electrons. The molecule has 0 aliphatic carbocycles. The van der Waals surface area contributed by atoms with Gasteiger partial charge < -0.3 is 14.8 Å². The highest BCUT2D eigenvalue weighted by molar-refractivity contribution is 5.68. The van der Waals surface area contributed by atoms with Gasteiger partial charge in [-0.05, 0) is 45.7 Å². The molecule has 1 aromatic heterocycles. The fraction of sp³-hybridized carbons (Fsp3) is 0.667. The van der Waals surface area contributed by atoms with E-state index in [1.165, 1.54) is 0 Å². The summed E-state index contributed by atoms with van der Waals surface area (Å²) in [5.74, 6) is 0.341. The van der Waals surface area contributed by atoms with Crippen molar-refractivity contribution in [1.82, 2.24) is 15.2 Å².